The van der Waals surface area contributed by atoms with Crippen LogP contribution in [0.1, 0.15) is 26.4 Å². The monoisotopic (exact) mass is 354 g/mol. The molecule has 0 unspecified atom stereocenters. The molecule has 0 spiro atoms. The summed E-state index contributed by atoms with van der Waals surface area (Å²) in [6, 6.07) is 10.9. The third-order valence-electron chi connectivity index (χ3n) is 3.55. The van der Waals surface area contributed by atoms with Gasteiger partial charge in [-0.1, -0.05) is 6.07 Å². The van der Waals surface area contributed by atoms with Crippen molar-refractivity contribution < 1.29 is 9.59 Å². The number of pyridine rings is 1. The van der Waals surface area contributed by atoms with Crippen LogP contribution in [0.3, 0.4) is 0 Å². The van der Waals surface area contributed by atoms with Crippen molar-refractivity contribution in [2.45, 2.75) is 6.92 Å². The van der Waals surface area contributed by atoms with Crippen molar-refractivity contribution in [1.82, 2.24) is 15.4 Å². The summed E-state index contributed by atoms with van der Waals surface area (Å²) in [5.41, 5.74) is 5.40. The molecule has 2 aromatic heterocycles. The smallest absolute Gasteiger partial charge is 0.268 e. The topological polar surface area (TPSA) is 74.3 Å². The van der Waals surface area contributed by atoms with Gasteiger partial charge in [0.25, 0.3) is 11.8 Å². The van der Waals surface area contributed by atoms with Crippen LogP contribution in [-0.4, -0.2) is 35.9 Å². The second-order valence-electron chi connectivity index (χ2n) is 5.81. The van der Waals surface area contributed by atoms with E-state index in [1.54, 1.807) is 42.7 Å². The summed E-state index contributed by atoms with van der Waals surface area (Å²) in [7, 11) is 3.46. The molecule has 25 heavy (non-hydrogen) atoms. The highest BCUT2D eigenvalue weighted by molar-refractivity contribution is 7.14. The number of aryl methyl sites for hydroxylation is 1. The SMILES string of the molecule is Cc1ccc2cc(C(=O)Nc3sccc3C(=O)NN(C)C)ccc2n1. The summed E-state index contributed by atoms with van der Waals surface area (Å²) in [6.07, 6.45) is 0. The van der Waals surface area contributed by atoms with Gasteiger partial charge in [0.05, 0.1) is 11.1 Å². The molecule has 0 radical (unpaired) electrons. The van der Waals surface area contributed by atoms with Crippen LogP contribution in [0, 0.1) is 6.92 Å². The first kappa shape index (κ1) is 17.1. The van der Waals surface area contributed by atoms with E-state index in [0.717, 1.165) is 16.6 Å². The summed E-state index contributed by atoms with van der Waals surface area (Å²) in [5, 5.41) is 7.57. The van der Waals surface area contributed by atoms with Crippen LogP contribution >= 0.6 is 11.3 Å². The van der Waals surface area contributed by atoms with Crippen molar-refractivity contribution in [2.24, 2.45) is 0 Å². The van der Waals surface area contributed by atoms with Gasteiger partial charge in [-0.2, -0.15) is 0 Å². The first-order valence-corrected chi connectivity index (χ1v) is 8.56. The fraction of sp³-hybridized carbons (Fsp3) is 0.167. The van der Waals surface area contributed by atoms with Crippen LogP contribution in [-0.2, 0) is 0 Å². The van der Waals surface area contributed by atoms with Gasteiger partial charge in [0.2, 0.25) is 0 Å². The van der Waals surface area contributed by atoms with E-state index in [1.165, 1.54) is 11.3 Å². The molecular weight excluding hydrogens is 336 g/mol. The quantitative estimate of drug-likeness (QED) is 0.706. The lowest BCUT2D eigenvalue weighted by Crippen LogP contribution is -2.36. The number of benzene rings is 1. The Morgan fingerprint density at radius 3 is 2.64 bits per heavy atom. The Labute approximate surface area is 149 Å². The lowest BCUT2D eigenvalue weighted by Gasteiger charge is -2.12. The van der Waals surface area contributed by atoms with Crippen molar-refractivity contribution >= 4 is 39.1 Å². The molecule has 0 aliphatic heterocycles. The minimum Gasteiger partial charge on any atom is -0.313 e. The highest BCUT2D eigenvalue weighted by atomic mass is 32.1. The number of amides is 2. The van der Waals surface area contributed by atoms with Crippen molar-refractivity contribution in [3.05, 3.63) is 58.6 Å². The maximum absolute atomic E-state index is 12.6. The second-order valence-corrected chi connectivity index (χ2v) is 6.73. The van der Waals surface area contributed by atoms with E-state index >= 15 is 0 Å². The number of hydrazine groups is 1. The lowest BCUT2D eigenvalue weighted by atomic mass is 10.1. The van der Waals surface area contributed by atoms with Gasteiger partial charge in [-0.3, -0.25) is 20.0 Å². The summed E-state index contributed by atoms with van der Waals surface area (Å²) in [5.74, 6) is -0.524. The van der Waals surface area contributed by atoms with Gasteiger partial charge in [-0.15, -0.1) is 11.3 Å². The molecule has 7 heteroatoms. The number of fused-ring (bicyclic) bond motifs is 1. The van der Waals surface area contributed by atoms with Crippen molar-refractivity contribution in [3.8, 4) is 0 Å². The normalized spacial score (nSPS) is 10.9. The minimum absolute atomic E-state index is 0.260. The predicted molar refractivity (Wildman–Crippen MR) is 99.9 cm³/mol. The first-order valence-electron chi connectivity index (χ1n) is 7.68. The molecule has 0 saturated carbocycles. The van der Waals surface area contributed by atoms with Crippen molar-refractivity contribution in [1.29, 1.82) is 0 Å². The minimum atomic E-state index is -0.264. The average Bonchev–Trinajstić information content (AvgIpc) is 3.02. The maximum Gasteiger partial charge on any atom is 0.268 e. The van der Waals surface area contributed by atoms with Gasteiger partial charge in [-0.25, -0.2) is 5.01 Å². The van der Waals surface area contributed by atoms with E-state index < -0.39 is 0 Å². The molecule has 2 amide bonds. The molecule has 3 rings (SSSR count). The van der Waals surface area contributed by atoms with Crippen LogP contribution < -0.4 is 10.7 Å². The molecule has 0 saturated heterocycles. The molecule has 0 aliphatic carbocycles. The zero-order valence-electron chi connectivity index (χ0n) is 14.2. The van der Waals surface area contributed by atoms with E-state index in [2.05, 4.69) is 15.7 Å². The number of hydrogen-bond donors (Lipinski definition) is 2. The molecule has 0 atom stereocenters. The van der Waals surface area contributed by atoms with Gasteiger partial charge in [0.15, 0.2) is 0 Å². The Hall–Kier alpha value is -2.77. The number of nitrogens with zero attached hydrogens (tertiary/aromatic N) is 2. The third-order valence-corrected chi connectivity index (χ3v) is 4.38. The largest absolute Gasteiger partial charge is 0.313 e. The van der Waals surface area contributed by atoms with Crippen LogP contribution in [0.25, 0.3) is 10.9 Å². The Morgan fingerprint density at radius 2 is 1.88 bits per heavy atom. The number of nitrogens with one attached hydrogen (secondary N) is 2. The summed E-state index contributed by atoms with van der Waals surface area (Å²) in [4.78, 5) is 29.1. The summed E-state index contributed by atoms with van der Waals surface area (Å²) < 4.78 is 0. The van der Waals surface area contributed by atoms with E-state index in [1.807, 2.05) is 25.1 Å². The molecule has 0 aliphatic rings. The Kier molecular flexibility index (Phi) is 4.78. The van der Waals surface area contributed by atoms with Crippen LogP contribution in [0.2, 0.25) is 0 Å². The van der Waals surface area contributed by atoms with Gasteiger partial charge in [0, 0.05) is 30.7 Å². The first-order chi connectivity index (χ1) is 11.9. The summed E-state index contributed by atoms with van der Waals surface area (Å²) >= 11 is 1.31. The molecule has 1 aromatic carbocycles. The number of thiophene rings is 1. The number of hydrogen-bond acceptors (Lipinski definition) is 5. The number of carbonyl (C=O) groups excluding carboxylic acids is 2. The number of rotatable bonds is 4. The third kappa shape index (κ3) is 3.84. The Morgan fingerprint density at radius 1 is 1.08 bits per heavy atom. The standard InChI is InChI=1S/C18H18N4O2S/c1-11-4-5-12-10-13(6-7-15(12)19-11)16(23)20-18-14(8-9-25-18)17(24)21-22(2)3/h4-10H,1-3H3,(H,20,23)(H,21,24). The van der Waals surface area contributed by atoms with E-state index in [-0.39, 0.29) is 11.8 Å². The van der Waals surface area contributed by atoms with Gasteiger partial charge >= 0.3 is 0 Å². The average molecular weight is 354 g/mol. The Balaban J connectivity index is 1.82. The summed E-state index contributed by atoms with van der Waals surface area (Å²) in [6.45, 7) is 1.93. The van der Waals surface area contributed by atoms with Crippen LogP contribution in [0.15, 0.2) is 41.8 Å². The van der Waals surface area contributed by atoms with E-state index in [4.69, 9.17) is 0 Å². The molecule has 3 aromatic rings. The van der Waals surface area contributed by atoms with Crippen LogP contribution in [0.4, 0.5) is 5.00 Å². The molecule has 0 bridgehead atoms. The fourth-order valence-corrected chi connectivity index (χ4v) is 3.17. The number of aromatic nitrogens is 1. The molecule has 6 nitrogen and oxygen atoms in total. The highest BCUT2D eigenvalue weighted by Gasteiger charge is 2.16. The Bertz CT molecular complexity index is 949. The fourth-order valence-electron chi connectivity index (χ4n) is 2.39. The van der Waals surface area contributed by atoms with Crippen LogP contribution in [0.5, 0.6) is 0 Å². The molecular formula is C18H18N4O2S. The van der Waals surface area contributed by atoms with Gasteiger partial charge in [-0.05, 0) is 42.6 Å². The van der Waals surface area contributed by atoms with Gasteiger partial charge < -0.3 is 5.32 Å². The van der Waals surface area contributed by atoms with Crippen molar-refractivity contribution in [2.75, 3.05) is 19.4 Å². The van der Waals surface area contributed by atoms with Gasteiger partial charge in [0.1, 0.15) is 5.00 Å². The number of anilines is 1. The lowest BCUT2D eigenvalue weighted by molar-refractivity contribution is 0.0858. The maximum atomic E-state index is 12.6. The molecule has 2 heterocycles. The molecule has 128 valence electrons. The predicted octanol–water partition coefficient (Wildman–Crippen LogP) is 3.06. The van der Waals surface area contributed by atoms with E-state index in [9.17, 15) is 9.59 Å². The van der Waals surface area contributed by atoms with Crippen molar-refractivity contribution in [3.63, 3.8) is 0 Å². The zero-order chi connectivity index (χ0) is 18.0. The zero-order valence-corrected chi connectivity index (χ0v) is 15.0. The molecule has 2 N–H and O–H groups in total. The molecule has 0 fully saturated rings. The van der Waals surface area contributed by atoms with E-state index in [0.29, 0.717) is 16.1 Å². The second kappa shape index (κ2) is 7.00. The number of carbonyl (C=O) groups is 2. The highest BCUT2D eigenvalue weighted by Crippen LogP contribution is 2.24.